The Morgan fingerprint density at radius 3 is 2.63 bits per heavy atom. The number of benzene rings is 2. The Morgan fingerprint density at radius 2 is 1.87 bits per heavy atom. The molecule has 1 aliphatic rings. The summed E-state index contributed by atoms with van der Waals surface area (Å²) in [5.41, 5.74) is 1.81. The number of esters is 1. The Labute approximate surface area is 185 Å². The maximum atomic E-state index is 12.9. The number of amides is 1. The predicted octanol–water partition coefficient (Wildman–Crippen LogP) is 4.64. The van der Waals surface area contributed by atoms with Crippen LogP contribution in [0, 0.1) is 0 Å². The van der Waals surface area contributed by atoms with Crippen LogP contribution in [0.5, 0.6) is 11.5 Å². The summed E-state index contributed by atoms with van der Waals surface area (Å²) in [6.45, 7) is 3.04. The number of ether oxygens (including phenoxy) is 3. The summed E-state index contributed by atoms with van der Waals surface area (Å²) in [6, 6.07) is 10.9. The van der Waals surface area contributed by atoms with Crippen molar-refractivity contribution in [1.82, 2.24) is 4.90 Å². The van der Waals surface area contributed by atoms with E-state index in [0.29, 0.717) is 47.7 Å². The van der Waals surface area contributed by atoms with Crippen molar-refractivity contribution in [2.24, 2.45) is 0 Å². The van der Waals surface area contributed by atoms with Gasteiger partial charge in [0.1, 0.15) is 0 Å². The number of carbonyl (C=O) groups excluding carboxylic acids is 2. The lowest BCUT2D eigenvalue weighted by Crippen LogP contribution is -2.33. The van der Waals surface area contributed by atoms with E-state index >= 15 is 0 Å². The van der Waals surface area contributed by atoms with Gasteiger partial charge >= 0.3 is 5.97 Å². The molecular weight excluding hydrogens is 429 g/mol. The van der Waals surface area contributed by atoms with Gasteiger partial charge in [0.25, 0.3) is 0 Å². The first-order valence-electron chi connectivity index (χ1n) is 9.72. The fourth-order valence-corrected chi connectivity index (χ4v) is 3.63. The van der Waals surface area contributed by atoms with E-state index in [0.717, 1.165) is 11.1 Å². The Kier molecular flexibility index (Phi) is 7.82. The average molecular weight is 452 g/mol. The van der Waals surface area contributed by atoms with Crippen molar-refractivity contribution in [2.45, 2.75) is 32.7 Å². The van der Waals surface area contributed by atoms with E-state index < -0.39 is 0 Å². The van der Waals surface area contributed by atoms with E-state index in [-0.39, 0.29) is 31.5 Å². The van der Waals surface area contributed by atoms with Gasteiger partial charge in [0.15, 0.2) is 11.5 Å². The van der Waals surface area contributed by atoms with Gasteiger partial charge in [0.2, 0.25) is 12.7 Å². The lowest BCUT2D eigenvalue weighted by atomic mass is 10.1. The second-order valence-corrected chi connectivity index (χ2v) is 7.64. The fraction of sp³-hybridized carbons (Fsp3) is 0.364. The zero-order chi connectivity index (χ0) is 21.5. The highest BCUT2D eigenvalue weighted by Gasteiger charge is 2.19. The Morgan fingerprint density at radius 1 is 1.07 bits per heavy atom. The second kappa shape index (κ2) is 10.5. The van der Waals surface area contributed by atoms with Gasteiger partial charge in [-0.05, 0) is 48.7 Å². The molecule has 0 saturated carbocycles. The number of hydrogen-bond donors (Lipinski definition) is 0. The molecule has 0 aliphatic carbocycles. The second-order valence-electron chi connectivity index (χ2n) is 6.79. The third-order valence-electron chi connectivity index (χ3n) is 4.68. The molecule has 0 bridgehead atoms. The molecule has 1 aliphatic heterocycles. The SMILES string of the molecule is CCOC(=O)CCC(=O)N(CCc1ccc(Cl)cc1Cl)Cc1ccc2c(c1)OCO2. The molecule has 0 N–H and O–H groups in total. The van der Waals surface area contributed by atoms with Gasteiger partial charge in [-0.1, -0.05) is 35.3 Å². The van der Waals surface area contributed by atoms with Crippen LogP contribution in [0.1, 0.15) is 30.9 Å². The van der Waals surface area contributed by atoms with Crippen LogP contribution in [0.15, 0.2) is 36.4 Å². The van der Waals surface area contributed by atoms with Crippen molar-refractivity contribution < 1.29 is 23.8 Å². The summed E-state index contributed by atoms with van der Waals surface area (Å²) < 4.78 is 15.7. The minimum Gasteiger partial charge on any atom is -0.466 e. The summed E-state index contributed by atoms with van der Waals surface area (Å²) in [7, 11) is 0. The van der Waals surface area contributed by atoms with Crippen LogP contribution in [0.3, 0.4) is 0 Å². The van der Waals surface area contributed by atoms with Gasteiger partial charge in [-0.3, -0.25) is 9.59 Å². The molecule has 1 heterocycles. The van der Waals surface area contributed by atoms with E-state index in [1.165, 1.54) is 0 Å². The van der Waals surface area contributed by atoms with Crippen molar-refractivity contribution in [3.8, 4) is 11.5 Å². The van der Waals surface area contributed by atoms with Crippen LogP contribution in [0.4, 0.5) is 0 Å². The number of carbonyl (C=O) groups is 2. The van der Waals surface area contributed by atoms with Gasteiger partial charge in [-0.25, -0.2) is 0 Å². The van der Waals surface area contributed by atoms with E-state index in [2.05, 4.69) is 0 Å². The largest absolute Gasteiger partial charge is 0.466 e. The van der Waals surface area contributed by atoms with Crippen LogP contribution in [0.2, 0.25) is 10.0 Å². The van der Waals surface area contributed by atoms with E-state index in [1.54, 1.807) is 24.0 Å². The molecule has 0 saturated heterocycles. The third-order valence-corrected chi connectivity index (χ3v) is 5.26. The summed E-state index contributed by atoms with van der Waals surface area (Å²) in [5.74, 6) is 0.833. The molecule has 2 aromatic rings. The standard InChI is InChI=1S/C22H23Cl2NO5/c1-2-28-22(27)8-7-21(26)25(10-9-16-4-5-17(23)12-18(16)24)13-15-3-6-19-20(11-15)30-14-29-19/h3-6,11-12H,2,7-10,13-14H2,1H3. The molecule has 2 aromatic carbocycles. The Hall–Kier alpha value is -2.44. The maximum Gasteiger partial charge on any atom is 0.306 e. The quantitative estimate of drug-likeness (QED) is 0.519. The van der Waals surface area contributed by atoms with Crippen molar-refractivity contribution in [2.75, 3.05) is 19.9 Å². The molecule has 0 radical (unpaired) electrons. The molecule has 160 valence electrons. The van der Waals surface area contributed by atoms with E-state index in [9.17, 15) is 9.59 Å². The van der Waals surface area contributed by atoms with E-state index in [4.69, 9.17) is 37.4 Å². The highest BCUT2D eigenvalue weighted by Crippen LogP contribution is 2.33. The first kappa shape index (κ1) is 22.2. The first-order valence-corrected chi connectivity index (χ1v) is 10.5. The molecule has 8 heteroatoms. The monoisotopic (exact) mass is 451 g/mol. The molecule has 30 heavy (non-hydrogen) atoms. The number of fused-ring (bicyclic) bond motifs is 1. The number of nitrogens with zero attached hydrogens (tertiary/aromatic N) is 1. The normalized spacial score (nSPS) is 12.0. The highest BCUT2D eigenvalue weighted by atomic mass is 35.5. The van der Waals surface area contributed by atoms with Crippen LogP contribution in [0.25, 0.3) is 0 Å². The topological polar surface area (TPSA) is 65.1 Å². The molecule has 1 amide bonds. The minimum atomic E-state index is -0.380. The Balaban J connectivity index is 1.70. The van der Waals surface area contributed by atoms with Gasteiger partial charge < -0.3 is 19.1 Å². The number of halogens is 2. The highest BCUT2D eigenvalue weighted by molar-refractivity contribution is 6.35. The van der Waals surface area contributed by atoms with Crippen LogP contribution in [-0.2, 0) is 27.3 Å². The molecule has 0 atom stereocenters. The zero-order valence-corrected chi connectivity index (χ0v) is 18.2. The minimum absolute atomic E-state index is 0.0476. The summed E-state index contributed by atoms with van der Waals surface area (Å²) >= 11 is 12.2. The molecule has 0 aromatic heterocycles. The van der Waals surface area contributed by atoms with Crippen LogP contribution in [-0.4, -0.2) is 36.7 Å². The van der Waals surface area contributed by atoms with Crippen LogP contribution >= 0.6 is 23.2 Å². The first-order chi connectivity index (χ1) is 14.5. The van der Waals surface area contributed by atoms with Crippen molar-refractivity contribution >= 4 is 35.1 Å². The fourth-order valence-electron chi connectivity index (χ4n) is 3.13. The lowest BCUT2D eigenvalue weighted by molar-refractivity contribution is -0.145. The van der Waals surface area contributed by atoms with Crippen molar-refractivity contribution in [3.63, 3.8) is 0 Å². The lowest BCUT2D eigenvalue weighted by Gasteiger charge is -2.23. The summed E-state index contributed by atoms with van der Waals surface area (Å²) in [5, 5.41) is 1.12. The Bertz CT molecular complexity index is 918. The molecule has 6 nitrogen and oxygen atoms in total. The number of rotatable bonds is 9. The third kappa shape index (κ3) is 6.03. The van der Waals surface area contributed by atoms with Crippen LogP contribution < -0.4 is 9.47 Å². The zero-order valence-electron chi connectivity index (χ0n) is 16.7. The predicted molar refractivity (Wildman–Crippen MR) is 114 cm³/mol. The molecule has 0 spiro atoms. The van der Waals surface area contributed by atoms with E-state index in [1.807, 2.05) is 24.3 Å². The van der Waals surface area contributed by atoms with Gasteiger partial charge in [0, 0.05) is 29.6 Å². The van der Waals surface area contributed by atoms with Crippen molar-refractivity contribution in [3.05, 3.63) is 57.6 Å². The molecular formula is C22H23Cl2NO5. The van der Waals surface area contributed by atoms with Gasteiger partial charge in [-0.15, -0.1) is 0 Å². The molecule has 0 fully saturated rings. The summed E-state index contributed by atoms with van der Waals surface area (Å²) in [4.78, 5) is 26.2. The smallest absolute Gasteiger partial charge is 0.306 e. The summed E-state index contributed by atoms with van der Waals surface area (Å²) in [6.07, 6.45) is 0.690. The molecule has 0 unspecified atom stereocenters. The maximum absolute atomic E-state index is 12.9. The van der Waals surface area contributed by atoms with Gasteiger partial charge in [-0.2, -0.15) is 0 Å². The average Bonchev–Trinajstić information content (AvgIpc) is 3.18. The molecule has 3 rings (SSSR count). The van der Waals surface area contributed by atoms with Gasteiger partial charge in [0.05, 0.1) is 13.0 Å². The van der Waals surface area contributed by atoms with Crippen molar-refractivity contribution in [1.29, 1.82) is 0 Å². The number of hydrogen-bond acceptors (Lipinski definition) is 5.